The Hall–Kier alpha value is -1.09. The number of rotatable bonds is 5. The van der Waals surface area contributed by atoms with E-state index in [-0.39, 0.29) is 0 Å². The predicted octanol–water partition coefficient (Wildman–Crippen LogP) is 3.75. The normalized spacial score (nSPS) is 12.4. The molecule has 0 aliphatic carbocycles. The Kier molecular flexibility index (Phi) is 5.20. The molecule has 2 nitrogen and oxygen atoms in total. The van der Waals surface area contributed by atoms with Crippen molar-refractivity contribution >= 4 is 23.2 Å². The Bertz CT molecular complexity index is 496. The van der Waals surface area contributed by atoms with Crippen LogP contribution in [0, 0.1) is 5.92 Å². The zero-order valence-electron chi connectivity index (χ0n) is 10.5. The Morgan fingerprint density at radius 2 is 1.68 bits per heavy atom. The summed E-state index contributed by atoms with van der Waals surface area (Å²) in [4.78, 5) is 3.99. The number of hydrogen-bond donors (Lipinski definition) is 1. The van der Waals surface area contributed by atoms with E-state index in [2.05, 4.69) is 4.98 Å². The van der Waals surface area contributed by atoms with Crippen LogP contribution in [0.5, 0.6) is 0 Å². The highest BCUT2D eigenvalue weighted by molar-refractivity contribution is 6.31. The lowest BCUT2D eigenvalue weighted by Crippen LogP contribution is -2.19. The van der Waals surface area contributed by atoms with Crippen LogP contribution in [0.1, 0.15) is 11.1 Å². The smallest absolute Gasteiger partial charge is 0.0621 e. The average Bonchev–Trinajstić information content (AvgIpc) is 2.42. The molecule has 4 heteroatoms. The molecule has 1 atom stereocenters. The first kappa shape index (κ1) is 14.3. The van der Waals surface area contributed by atoms with Gasteiger partial charge >= 0.3 is 0 Å². The van der Waals surface area contributed by atoms with E-state index in [0.29, 0.717) is 17.5 Å². The van der Waals surface area contributed by atoms with E-state index in [1.165, 1.54) is 0 Å². The molecular formula is C15H16Cl2N2. The maximum Gasteiger partial charge on any atom is 0.0621 e. The van der Waals surface area contributed by atoms with E-state index in [0.717, 1.165) is 29.0 Å². The highest BCUT2D eigenvalue weighted by atomic mass is 35.5. The van der Waals surface area contributed by atoms with Gasteiger partial charge in [0.2, 0.25) is 0 Å². The number of nitrogens with zero attached hydrogens (tertiary/aromatic N) is 1. The summed E-state index contributed by atoms with van der Waals surface area (Å²) in [6.07, 6.45) is 5.11. The summed E-state index contributed by atoms with van der Waals surface area (Å²) >= 11 is 12.3. The molecule has 0 amide bonds. The molecular weight excluding hydrogens is 279 g/mol. The van der Waals surface area contributed by atoms with E-state index in [9.17, 15) is 0 Å². The summed E-state index contributed by atoms with van der Waals surface area (Å²) in [5, 5.41) is 1.49. The fourth-order valence-corrected chi connectivity index (χ4v) is 2.50. The highest BCUT2D eigenvalue weighted by Gasteiger charge is 2.12. The van der Waals surface area contributed by atoms with Gasteiger partial charge in [-0.3, -0.25) is 4.98 Å². The molecule has 0 saturated heterocycles. The molecule has 1 aromatic heterocycles. The minimum atomic E-state index is 0.319. The van der Waals surface area contributed by atoms with E-state index in [4.69, 9.17) is 28.9 Å². The zero-order valence-corrected chi connectivity index (χ0v) is 12.0. The second kappa shape index (κ2) is 6.90. The molecule has 0 bridgehead atoms. The van der Waals surface area contributed by atoms with Gasteiger partial charge in [0, 0.05) is 17.4 Å². The lowest BCUT2D eigenvalue weighted by atomic mass is 9.93. The van der Waals surface area contributed by atoms with Crippen LogP contribution >= 0.6 is 23.2 Å². The third-order valence-corrected chi connectivity index (χ3v) is 3.87. The van der Waals surface area contributed by atoms with Crippen molar-refractivity contribution in [2.75, 3.05) is 6.54 Å². The van der Waals surface area contributed by atoms with Crippen LogP contribution < -0.4 is 5.73 Å². The molecule has 0 radical (unpaired) electrons. The van der Waals surface area contributed by atoms with Crippen molar-refractivity contribution in [1.29, 1.82) is 0 Å². The fraction of sp³-hybridized carbons (Fsp3) is 0.267. The topological polar surface area (TPSA) is 38.9 Å². The number of benzene rings is 1. The third kappa shape index (κ3) is 3.93. The summed E-state index contributed by atoms with van der Waals surface area (Å²) in [5.41, 5.74) is 8.08. The van der Waals surface area contributed by atoms with Gasteiger partial charge in [-0.1, -0.05) is 41.4 Å². The van der Waals surface area contributed by atoms with Gasteiger partial charge in [-0.2, -0.15) is 0 Å². The summed E-state index contributed by atoms with van der Waals surface area (Å²) < 4.78 is 0. The standard InChI is InChI=1S/C15H16Cl2N2/c16-14-4-2-1-3-12(14)7-11(9-18)8-13-5-6-19-10-15(13)17/h1-6,10-11H,7-9,18H2. The van der Waals surface area contributed by atoms with Crippen molar-refractivity contribution in [2.45, 2.75) is 12.8 Å². The van der Waals surface area contributed by atoms with Crippen molar-refractivity contribution < 1.29 is 0 Å². The maximum atomic E-state index is 6.18. The molecule has 1 heterocycles. The largest absolute Gasteiger partial charge is 0.330 e. The second-order valence-electron chi connectivity index (χ2n) is 4.57. The molecule has 2 aromatic rings. The number of halogens is 2. The van der Waals surface area contributed by atoms with Crippen LogP contribution in [-0.4, -0.2) is 11.5 Å². The average molecular weight is 295 g/mol. The van der Waals surface area contributed by atoms with E-state index < -0.39 is 0 Å². The number of pyridine rings is 1. The molecule has 0 aliphatic rings. The SMILES string of the molecule is NCC(Cc1ccccc1Cl)Cc1ccncc1Cl. The van der Waals surface area contributed by atoms with Crippen LogP contribution in [0.3, 0.4) is 0 Å². The van der Waals surface area contributed by atoms with Crippen LogP contribution in [0.4, 0.5) is 0 Å². The van der Waals surface area contributed by atoms with Gasteiger partial charge in [0.15, 0.2) is 0 Å². The van der Waals surface area contributed by atoms with Gasteiger partial charge in [-0.15, -0.1) is 0 Å². The summed E-state index contributed by atoms with van der Waals surface area (Å²) in [5.74, 6) is 0.319. The minimum Gasteiger partial charge on any atom is -0.330 e. The third-order valence-electron chi connectivity index (χ3n) is 3.16. The molecule has 2 rings (SSSR count). The van der Waals surface area contributed by atoms with Gasteiger partial charge in [0.1, 0.15) is 0 Å². The first-order chi connectivity index (χ1) is 9.20. The van der Waals surface area contributed by atoms with Gasteiger partial charge in [-0.25, -0.2) is 0 Å². The molecule has 0 aliphatic heterocycles. The van der Waals surface area contributed by atoms with Crippen LogP contribution in [0.25, 0.3) is 0 Å². The lowest BCUT2D eigenvalue weighted by Gasteiger charge is -2.16. The molecule has 19 heavy (non-hydrogen) atoms. The molecule has 0 fully saturated rings. The van der Waals surface area contributed by atoms with Crippen LogP contribution in [0.15, 0.2) is 42.7 Å². The van der Waals surface area contributed by atoms with Gasteiger partial charge < -0.3 is 5.73 Å². The number of hydrogen-bond acceptors (Lipinski definition) is 2. The Balaban J connectivity index is 2.09. The van der Waals surface area contributed by atoms with Crippen molar-refractivity contribution in [3.63, 3.8) is 0 Å². The maximum absolute atomic E-state index is 6.18. The van der Waals surface area contributed by atoms with E-state index in [1.54, 1.807) is 12.4 Å². The summed E-state index contributed by atoms with van der Waals surface area (Å²) in [6, 6.07) is 9.82. The van der Waals surface area contributed by atoms with Crippen molar-refractivity contribution in [2.24, 2.45) is 11.7 Å². The van der Waals surface area contributed by atoms with E-state index in [1.807, 2.05) is 30.3 Å². The van der Waals surface area contributed by atoms with Gasteiger partial charge in [0.05, 0.1) is 5.02 Å². The van der Waals surface area contributed by atoms with Crippen molar-refractivity contribution in [3.8, 4) is 0 Å². The second-order valence-corrected chi connectivity index (χ2v) is 5.38. The van der Waals surface area contributed by atoms with Crippen LogP contribution in [-0.2, 0) is 12.8 Å². The Labute approximate surface area is 123 Å². The summed E-state index contributed by atoms with van der Waals surface area (Å²) in [7, 11) is 0. The molecule has 100 valence electrons. The highest BCUT2D eigenvalue weighted by Crippen LogP contribution is 2.23. The van der Waals surface area contributed by atoms with Crippen molar-refractivity contribution in [3.05, 3.63) is 63.9 Å². The molecule has 1 aromatic carbocycles. The predicted molar refractivity (Wildman–Crippen MR) is 80.7 cm³/mol. The van der Waals surface area contributed by atoms with Crippen molar-refractivity contribution in [1.82, 2.24) is 4.98 Å². The fourth-order valence-electron chi connectivity index (χ4n) is 2.09. The molecule has 1 unspecified atom stereocenters. The molecule has 0 spiro atoms. The molecule has 0 saturated carbocycles. The number of nitrogens with two attached hydrogens (primary N) is 1. The van der Waals surface area contributed by atoms with Crippen LogP contribution in [0.2, 0.25) is 10.0 Å². The van der Waals surface area contributed by atoms with Gasteiger partial charge in [0.25, 0.3) is 0 Å². The van der Waals surface area contributed by atoms with Gasteiger partial charge in [-0.05, 0) is 48.6 Å². The molecule has 2 N–H and O–H groups in total. The first-order valence-electron chi connectivity index (χ1n) is 6.22. The Morgan fingerprint density at radius 1 is 1.00 bits per heavy atom. The number of aromatic nitrogens is 1. The lowest BCUT2D eigenvalue weighted by molar-refractivity contribution is 0.533. The van der Waals surface area contributed by atoms with E-state index >= 15 is 0 Å². The quantitative estimate of drug-likeness (QED) is 0.912. The summed E-state index contributed by atoms with van der Waals surface area (Å²) in [6.45, 7) is 0.601. The zero-order chi connectivity index (χ0) is 13.7. The minimum absolute atomic E-state index is 0.319. The Morgan fingerprint density at radius 3 is 2.32 bits per heavy atom. The monoisotopic (exact) mass is 294 g/mol. The first-order valence-corrected chi connectivity index (χ1v) is 6.98.